The molecule has 0 aliphatic carbocycles. The van der Waals surface area contributed by atoms with E-state index < -0.39 is 15.9 Å². The van der Waals surface area contributed by atoms with Gasteiger partial charge in [-0.15, -0.1) is 0 Å². The second-order valence-electron chi connectivity index (χ2n) is 13.7. The number of sulfone groups is 1. The summed E-state index contributed by atoms with van der Waals surface area (Å²) >= 11 is 6.45. The van der Waals surface area contributed by atoms with E-state index in [0.29, 0.717) is 86.8 Å². The minimum Gasteiger partial charge on any atom is -0.446 e. The third kappa shape index (κ3) is 7.92. The van der Waals surface area contributed by atoms with Gasteiger partial charge in [0.15, 0.2) is 9.84 Å². The predicted molar refractivity (Wildman–Crippen MR) is 187 cm³/mol. The van der Waals surface area contributed by atoms with Crippen LogP contribution in [0.4, 0.5) is 16.2 Å². The lowest BCUT2D eigenvalue weighted by Crippen LogP contribution is -2.43. The number of anilines is 2. The number of hydrogen-bond donors (Lipinski definition) is 0. The first kappa shape index (κ1) is 34.5. The van der Waals surface area contributed by atoms with Gasteiger partial charge in [-0.3, -0.25) is 14.5 Å². The number of amides is 3. The zero-order valence-corrected chi connectivity index (χ0v) is 29.4. The van der Waals surface area contributed by atoms with Gasteiger partial charge >= 0.3 is 6.09 Å². The second kappa shape index (κ2) is 14.6. The molecule has 2 aromatic carbocycles. The van der Waals surface area contributed by atoms with E-state index in [9.17, 15) is 22.8 Å². The highest BCUT2D eigenvalue weighted by atomic mass is 35.5. The van der Waals surface area contributed by atoms with E-state index in [-0.39, 0.29) is 29.4 Å². The summed E-state index contributed by atoms with van der Waals surface area (Å²) in [4.78, 5) is 48.8. The van der Waals surface area contributed by atoms with Gasteiger partial charge in [-0.25, -0.2) is 13.2 Å². The van der Waals surface area contributed by atoms with Gasteiger partial charge in [0, 0.05) is 95.1 Å². The summed E-state index contributed by atoms with van der Waals surface area (Å²) in [5, 5.41) is 0.595. The molecule has 11 nitrogen and oxygen atoms in total. The molecule has 13 heteroatoms. The molecular formula is C35H46ClN5O6S. The summed E-state index contributed by atoms with van der Waals surface area (Å²) in [7, 11) is -3.02. The number of aryl methyl sites for hydroxylation is 1. The number of piperidine rings is 1. The zero-order chi connectivity index (χ0) is 34.0. The second-order valence-corrected chi connectivity index (χ2v) is 16.4. The summed E-state index contributed by atoms with van der Waals surface area (Å²) in [6.45, 7) is 9.97. The third-order valence-corrected chi connectivity index (χ3v) is 12.4. The van der Waals surface area contributed by atoms with Crippen LogP contribution in [0, 0.1) is 18.8 Å². The molecule has 4 aliphatic rings. The van der Waals surface area contributed by atoms with E-state index in [0.717, 1.165) is 37.3 Å². The van der Waals surface area contributed by atoms with E-state index in [1.54, 1.807) is 16.7 Å². The number of ether oxygens (including phenoxy) is 1. The smallest absolute Gasteiger partial charge is 0.414 e. The predicted octanol–water partition coefficient (Wildman–Crippen LogP) is 3.93. The summed E-state index contributed by atoms with van der Waals surface area (Å²) in [5.74, 6) is 1.05. The number of nitrogens with zero attached hydrogens (tertiary/aromatic N) is 5. The van der Waals surface area contributed by atoms with Crippen LogP contribution >= 0.6 is 11.6 Å². The molecule has 48 heavy (non-hydrogen) atoms. The summed E-state index contributed by atoms with van der Waals surface area (Å²) in [5.41, 5.74) is 3.10. The number of likely N-dealkylation sites (tertiary alicyclic amines) is 3. The number of carbonyl (C=O) groups excluding carboxylic acids is 3. The molecule has 0 aromatic heterocycles. The van der Waals surface area contributed by atoms with Crippen molar-refractivity contribution in [3.8, 4) is 0 Å². The topological polar surface area (TPSA) is 111 Å². The number of hydrogen-bond acceptors (Lipinski definition) is 8. The minimum absolute atomic E-state index is 0.0119. The molecule has 4 heterocycles. The van der Waals surface area contributed by atoms with E-state index in [1.807, 2.05) is 59.2 Å². The molecule has 0 radical (unpaired) electrons. The highest BCUT2D eigenvalue weighted by Crippen LogP contribution is 2.34. The fourth-order valence-corrected chi connectivity index (χ4v) is 8.89. The van der Waals surface area contributed by atoms with Gasteiger partial charge in [0.1, 0.15) is 6.10 Å². The van der Waals surface area contributed by atoms with Crippen LogP contribution in [0.2, 0.25) is 5.02 Å². The standard InChI is InChI=1S/C35H46ClN5O6S/c1-25-8-9-29(20-32(25)36)41(35(44)47-30-10-14-38(15-11-30)26(2)42)13-5-12-37-21-27-23-40(24-28(27)22-37)34(43)31-6-3-4-7-33(31)39-16-18-48(45,46)19-17-39/h3-4,6-9,20,27-28,30H,5,10-19,21-24H2,1-2H3. The maximum absolute atomic E-state index is 13.7. The van der Waals surface area contributed by atoms with Crippen molar-refractivity contribution >= 4 is 50.7 Å². The fraction of sp³-hybridized carbons (Fsp3) is 0.571. The van der Waals surface area contributed by atoms with E-state index in [1.165, 1.54) is 0 Å². The Balaban J connectivity index is 1.02. The fourth-order valence-electron chi connectivity index (χ4n) is 7.52. The van der Waals surface area contributed by atoms with Crippen LogP contribution in [-0.4, -0.2) is 124 Å². The van der Waals surface area contributed by atoms with Crippen LogP contribution < -0.4 is 9.80 Å². The van der Waals surface area contributed by atoms with Crippen molar-refractivity contribution in [3.63, 3.8) is 0 Å². The average molecular weight is 700 g/mol. The van der Waals surface area contributed by atoms with Crippen LogP contribution in [-0.2, 0) is 19.4 Å². The lowest BCUT2D eigenvalue weighted by molar-refractivity contribution is -0.130. The summed E-state index contributed by atoms with van der Waals surface area (Å²) in [6.07, 6.45) is 1.37. The number of fused-ring (bicyclic) bond motifs is 1. The number of halogens is 1. The van der Waals surface area contributed by atoms with Gasteiger partial charge in [0.05, 0.1) is 17.1 Å². The Hall–Kier alpha value is -3.35. The Morgan fingerprint density at radius 3 is 2.23 bits per heavy atom. The molecule has 4 saturated heterocycles. The van der Waals surface area contributed by atoms with Gasteiger partial charge in [0.25, 0.3) is 5.91 Å². The highest BCUT2D eigenvalue weighted by Gasteiger charge is 2.42. The minimum atomic E-state index is -3.02. The maximum atomic E-state index is 13.7. The maximum Gasteiger partial charge on any atom is 0.414 e. The Bertz CT molecular complexity index is 1600. The first-order valence-corrected chi connectivity index (χ1v) is 19.2. The lowest BCUT2D eigenvalue weighted by atomic mass is 10.0. The first-order chi connectivity index (χ1) is 23.0. The van der Waals surface area contributed by atoms with Crippen LogP contribution in [0.5, 0.6) is 0 Å². The molecule has 0 spiro atoms. The number of carbonyl (C=O) groups is 3. The van der Waals surface area contributed by atoms with Crippen LogP contribution in [0.15, 0.2) is 42.5 Å². The molecule has 0 bridgehead atoms. The highest BCUT2D eigenvalue weighted by molar-refractivity contribution is 7.91. The van der Waals surface area contributed by atoms with Crippen molar-refractivity contribution in [1.82, 2.24) is 14.7 Å². The third-order valence-electron chi connectivity index (χ3n) is 10.4. The van der Waals surface area contributed by atoms with Crippen LogP contribution in [0.25, 0.3) is 0 Å². The Morgan fingerprint density at radius 2 is 1.58 bits per heavy atom. The normalized spacial score (nSPS) is 22.9. The largest absolute Gasteiger partial charge is 0.446 e. The number of benzene rings is 2. The molecule has 0 saturated carbocycles. The van der Waals surface area contributed by atoms with Gasteiger partial charge < -0.3 is 24.3 Å². The Labute approximate surface area is 288 Å². The molecule has 0 N–H and O–H groups in total. The van der Waals surface area contributed by atoms with Crippen molar-refractivity contribution in [2.75, 3.05) is 86.8 Å². The molecule has 3 amide bonds. The zero-order valence-electron chi connectivity index (χ0n) is 27.9. The SMILES string of the molecule is CC(=O)N1CCC(OC(=O)N(CCCN2CC3CN(C(=O)c4ccccc4N4CCS(=O)(=O)CC4)CC3C2)c2ccc(C)c(Cl)c2)CC1. The van der Waals surface area contributed by atoms with E-state index in [4.69, 9.17) is 16.3 Å². The summed E-state index contributed by atoms with van der Waals surface area (Å²) < 4.78 is 29.9. The van der Waals surface area contributed by atoms with Crippen molar-refractivity contribution in [3.05, 3.63) is 58.6 Å². The lowest BCUT2D eigenvalue weighted by Gasteiger charge is -2.32. The van der Waals surface area contributed by atoms with Crippen LogP contribution in [0.1, 0.15) is 42.1 Å². The van der Waals surface area contributed by atoms with E-state index in [2.05, 4.69) is 4.90 Å². The van der Waals surface area contributed by atoms with Gasteiger partial charge in [-0.05, 0) is 61.6 Å². The van der Waals surface area contributed by atoms with Crippen molar-refractivity contribution < 1.29 is 27.5 Å². The molecule has 2 aromatic rings. The quantitative estimate of drug-likeness (QED) is 0.408. The van der Waals surface area contributed by atoms with Crippen molar-refractivity contribution in [2.24, 2.45) is 11.8 Å². The van der Waals surface area contributed by atoms with E-state index >= 15 is 0 Å². The van der Waals surface area contributed by atoms with Gasteiger partial charge in [-0.2, -0.15) is 0 Å². The average Bonchev–Trinajstić information content (AvgIpc) is 3.64. The molecule has 4 fully saturated rings. The monoisotopic (exact) mass is 699 g/mol. The van der Waals surface area contributed by atoms with Crippen LogP contribution in [0.3, 0.4) is 0 Å². The molecule has 6 rings (SSSR count). The van der Waals surface area contributed by atoms with Crippen molar-refractivity contribution in [2.45, 2.75) is 39.2 Å². The molecular weight excluding hydrogens is 654 g/mol. The van der Waals surface area contributed by atoms with Gasteiger partial charge in [0.2, 0.25) is 5.91 Å². The molecule has 2 unspecified atom stereocenters. The number of rotatable bonds is 8. The molecule has 260 valence electrons. The van der Waals surface area contributed by atoms with Crippen molar-refractivity contribution in [1.29, 1.82) is 0 Å². The molecule has 2 atom stereocenters. The Kier molecular flexibility index (Phi) is 10.5. The first-order valence-electron chi connectivity index (χ1n) is 17.0. The summed E-state index contributed by atoms with van der Waals surface area (Å²) in [6, 6.07) is 13.2. The number of para-hydroxylation sites is 1. The van der Waals surface area contributed by atoms with Gasteiger partial charge in [-0.1, -0.05) is 29.8 Å². The Morgan fingerprint density at radius 1 is 0.917 bits per heavy atom. The molecule has 4 aliphatic heterocycles.